The molecule has 26 heavy (non-hydrogen) atoms. The minimum absolute atomic E-state index is 0.136. The summed E-state index contributed by atoms with van der Waals surface area (Å²) in [4.78, 5) is 0. The van der Waals surface area contributed by atoms with E-state index in [1.807, 2.05) is 7.11 Å². The normalized spacial score (nSPS) is 59.0. The van der Waals surface area contributed by atoms with Crippen LogP contribution >= 0.6 is 0 Å². The molecular formula is C24H40O2. The lowest BCUT2D eigenvalue weighted by atomic mass is 9.43. The summed E-state index contributed by atoms with van der Waals surface area (Å²) in [5.74, 6) is 5.96. The van der Waals surface area contributed by atoms with Gasteiger partial charge in [0.2, 0.25) is 0 Å². The summed E-state index contributed by atoms with van der Waals surface area (Å²) in [7, 11) is 1.99. The third-order valence-corrected chi connectivity index (χ3v) is 10.8. The van der Waals surface area contributed by atoms with Gasteiger partial charge >= 0.3 is 0 Å². The quantitative estimate of drug-likeness (QED) is 0.741. The first-order valence-corrected chi connectivity index (χ1v) is 11.7. The molecule has 2 unspecified atom stereocenters. The number of hydrogen-bond acceptors (Lipinski definition) is 2. The zero-order valence-electron chi connectivity index (χ0n) is 17.4. The maximum atomic E-state index is 10.5. The van der Waals surface area contributed by atoms with Gasteiger partial charge in [-0.05, 0) is 117 Å². The van der Waals surface area contributed by atoms with Crippen molar-refractivity contribution in [2.45, 2.75) is 90.8 Å². The van der Waals surface area contributed by atoms with Crippen LogP contribution in [0.25, 0.3) is 0 Å². The van der Waals surface area contributed by atoms with Crippen molar-refractivity contribution < 1.29 is 9.84 Å². The van der Waals surface area contributed by atoms with Crippen molar-refractivity contribution in [1.29, 1.82) is 0 Å². The molecule has 0 saturated heterocycles. The van der Waals surface area contributed by atoms with Gasteiger partial charge in [-0.2, -0.15) is 0 Å². The van der Waals surface area contributed by atoms with E-state index in [4.69, 9.17) is 4.74 Å². The number of methoxy groups -OCH3 is 1. The van der Waals surface area contributed by atoms with Crippen molar-refractivity contribution in [2.75, 3.05) is 7.11 Å². The summed E-state index contributed by atoms with van der Waals surface area (Å²) in [6, 6.07) is 0. The molecule has 0 aliphatic heterocycles. The Balaban J connectivity index is 1.50. The van der Waals surface area contributed by atoms with Gasteiger partial charge in [0, 0.05) is 7.11 Å². The van der Waals surface area contributed by atoms with Gasteiger partial charge in [-0.25, -0.2) is 0 Å². The van der Waals surface area contributed by atoms with E-state index in [1.54, 1.807) is 0 Å². The van der Waals surface area contributed by atoms with E-state index in [0.29, 0.717) is 22.9 Å². The summed E-state index contributed by atoms with van der Waals surface area (Å²) >= 11 is 0. The highest BCUT2D eigenvalue weighted by Crippen LogP contribution is 2.72. The van der Waals surface area contributed by atoms with E-state index in [2.05, 4.69) is 20.8 Å². The zero-order valence-corrected chi connectivity index (χ0v) is 17.4. The molecular weight excluding hydrogens is 320 g/mol. The second-order valence-electron chi connectivity index (χ2n) is 11.2. The molecule has 1 N–H and O–H groups in total. The lowest BCUT2D eigenvalue weighted by molar-refractivity contribution is -0.176. The molecule has 5 saturated carbocycles. The number of aliphatic hydroxyl groups excluding tert-OH is 1. The van der Waals surface area contributed by atoms with Crippen LogP contribution < -0.4 is 0 Å². The van der Waals surface area contributed by atoms with Gasteiger partial charge in [0.25, 0.3) is 0 Å². The second-order valence-corrected chi connectivity index (χ2v) is 11.2. The summed E-state index contributed by atoms with van der Waals surface area (Å²) in [6.45, 7) is 7.13. The van der Waals surface area contributed by atoms with Gasteiger partial charge in [-0.3, -0.25) is 0 Å². The Morgan fingerprint density at radius 3 is 2.54 bits per heavy atom. The molecule has 0 heterocycles. The predicted molar refractivity (Wildman–Crippen MR) is 105 cm³/mol. The highest BCUT2D eigenvalue weighted by molar-refractivity contribution is 5.16. The number of hydrogen-bond donors (Lipinski definition) is 1. The number of ether oxygens (including phenoxy) is 1. The Morgan fingerprint density at radius 2 is 1.85 bits per heavy atom. The van der Waals surface area contributed by atoms with Gasteiger partial charge in [0.05, 0.1) is 12.2 Å². The lowest BCUT2D eigenvalue weighted by Gasteiger charge is -2.63. The molecule has 0 spiro atoms. The average Bonchev–Trinajstić information content (AvgIpc) is 3.30. The summed E-state index contributed by atoms with van der Waals surface area (Å²) < 4.78 is 6.21. The fraction of sp³-hybridized carbons (Fsp3) is 1.00. The Hall–Kier alpha value is -0.0800. The second kappa shape index (κ2) is 5.96. The first kappa shape index (κ1) is 18.0. The number of fused-ring (bicyclic) bond motifs is 7. The van der Waals surface area contributed by atoms with Crippen LogP contribution in [0.4, 0.5) is 0 Å². The largest absolute Gasteiger partial charge is 0.393 e. The molecule has 0 aromatic rings. The average molecular weight is 361 g/mol. The summed E-state index contributed by atoms with van der Waals surface area (Å²) in [5.41, 5.74) is 0.928. The lowest BCUT2D eigenvalue weighted by Crippen LogP contribution is -2.58. The van der Waals surface area contributed by atoms with Crippen LogP contribution in [0.2, 0.25) is 0 Å². The van der Waals surface area contributed by atoms with Crippen molar-refractivity contribution in [1.82, 2.24) is 0 Å². The van der Waals surface area contributed by atoms with Gasteiger partial charge in [-0.1, -0.05) is 13.8 Å². The molecule has 5 rings (SSSR count). The number of rotatable bonds is 3. The van der Waals surface area contributed by atoms with E-state index < -0.39 is 0 Å². The van der Waals surface area contributed by atoms with Gasteiger partial charge < -0.3 is 9.84 Å². The van der Waals surface area contributed by atoms with Crippen molar-refractivity contribution in [3.05, 3.63) is 0 Å². The zero-order chi connectivity index (χ0) is 18.3. The third kappa shape index (κ3) is 2.18. The first-order valence-electron chi connectivity index (χ1n) is 11.7. The van der Waals surface area contributed by atoms with E-state index in [-0.39, 0.29) is 6.10 Å². The molecule has 148 valence electrons. The summed E-state index contributed by atoms with van der Waals surface area (Å²) in [6.07, 6.45) is 12.8. The molecule has 0 amide bonds. The number of aliphatic hydroxyl groups is 1. The SMILES string of the molecule is CC[C@]12CC[C@H]3[C@@H](C[C@@H](OC)C4C5C[C@H]5CC[C@@]43C)[C@@H]1CC[C@@H]2[C@H](C)O. The van der Waals surface area contributed by atoms with Gasteiger partial charge in [0.1, 0.15) is 0 Å². The van der Waals surface area contributed by atoms with Crippen LogP contribution in [-0.2, 0) is 4.74 Å². The molecule has 0 bridgehead atoms. The molecule has 5 aliphatic rings. The van der Waals surface area contributed by atoms with Gasteiger partial charge in [0.15, 0.2) is 0 Å². The van der Waals surface area contributed by atoms with Crippen molar-refractivity contribution in [2.24, 2.45) is 52.3 Å². The maximum Gasteiger partial charge on any atom is 0.0610 e. The van der Waals surface area contributed by atoms with Crippen LogP contribution in [-0.4, -0.2) is 24.4 Å². The maximum absolute atomic E-state index is 10.5. The Morgan fingerprint density at radius 1 is 1.04 bits per heavy atom. The topological polar surface area (TPSA) is 29.5 Å². The molecule has 5 aliphatic carbocycles. The van der Waals surface area contributed by atoms with Gasteiger partial charge in [-0.15, -0.1) is 0 Å². The van der Waals surface area contributed by atoms with Crippen LogP contribution in [0.5, 0.6) is 0 Å². The molecule has 2 nitrogen and oxygen atoms in total. The van der Waals surface area contributed by atoms with E-state index in [9.17, 15) is 5.11 Å². The molecule has 0 aromatic carbocycles. The Labute approximate surface area is 160 Å². The van der Waals surface area contributed by atoms with E-state index in [0.717, 1.165) is 35.5 Å². The van der Waals surface area contributed by atoms with E-state index in [1.165, 1.54) is 57.8 Å². The van der Waals surface area contributed by atoms with Crippen LogP contribution in [0.1, 0.15) is 78.6 Å². The van der Waals surface area contributed by atoms with Crippen molar-refractivity contribution >= 4 is 0 Å². The minimum atomic E-state index is -0.136. The highest BCUT2D eigenvalue weighted by atomic mass is 16.5. The monoisotopic (exact) mass is 360 g/mol. The van der Waals surface area contributed by atoms with Crippen LogP contribution in [0.15, 0.2) is 0 Å². The van der Waals surface area contributed by atoms with E-state index >= 15 is 0 Å². The smallest absolute Gasteiger partial charge is 0.0610 e. The molecule has 0 aromatic heterocycles. The minimum Gasteiger partial charge on any atom is -0.393 e. The molecule has 5 fully saturated rings. The predicted octanol–water partition coefficient (Wildman–Crippen LogP) is 5.29. The van der Waals surface area contributed by atoms with Crippen molar-refractivity contribution in [3.63, 3.8) is 0 Å². The third-order valence-electron chi connectivity index (χ3n) is 10.8. The standard InChI is InChI=1S/C24H40O2/c1-5-24-11-9-19-17(20(24)7-6-18(24)14(2)25)13-21(26-4)22-16-12-15(16)8-10-23(19,22)3/h14-22,25H,5-13H2,1-4H3/t14-,15+,16?,17+,18+,19-,20-,21+,22?,23+,24+/m0/s1. The Bertz CT molecular complexity index is 556. The first-order chi connectivity index (χ1) is 12.5. The fourth-order valence-corrected chi connectivity index (χ4v) is 9.69. The van der Waals surface area contributed by atoms with Crippen LogP contribution in [0.3, 0.4) is 0 Å². The molecule has 11 atom stereocenters. The fourth-order valence-electron chi connectivity index (χ4n) is 9.69. The van der Waals surface area contributed by atoms with Crippen molar-refractivity contribution in [3.8, 4) is 0 Å². The highest BCUT2D eigenvalue weighted by Gasteiger charge is 2.67. The molecule has 0 radical (unpaired) electrons. The van der Waals surface area contributed by atoms with Crippen LogP contribution in [0, 0.1) is 52.3 Å². The summed E-state index contributed by atoms with van der Waals surface area (Å²) in [5, 5.41) is 10.5. The molecule has 2 heteroatoms. The Kier molecular flexibility index (Phi) is 4.12.